The second-order valence-electron chi connectivity index (χ2n) is 6.24. The molecule has 1 aromatic heterocycles. The van der Waals surface area contributed by atoms with E-state index in [1.54, 1.807) is 0 Å². The summed E-state index contributed by atoms with van der Waals surface area (Å²) in [6, 6.07) is 26.5. The predicted molar refractivity (Wildman–Crippen MR) is 115 cm³/mol. The fourth-order valence-electron chi connectivity index (χ4n) is 2.81. The van der Waals surface area contributed by atoms with Crippen LogP contribution in [0.15, 0.2) is 78.9 Å². The summed E-state index contributed by atoms with van der Waals surface area (Å²) in [7, 11) is 0. The van der Waals surface area contributed by atoms with Crippen molar-refractivity contribution in [3.05, 3.63) is 90.0 Å². The van der Waals surface area contributed by atoms with E-state index in [1.165, 1.54) is 11.1 Å². The number of nitrogens with zero attached hydrogens (tertiary/aromatic N) is 2. The molecule has 1 heterocycles. The van der Waals surface area contributed by atoms with Gasteiger partial charge in [0.25, 0.3) is 0 Å². The average molecular weight is 377 g/mol. The van der Waals surface area contributed by atoms with Gasteiger partial charge in [-0.3, -0.25) is 0 Å². The predicted octanol–water partition coefficient (Wildman–Crippen LogP) is 5.72. The molecule has 4 rings (SSSR count). The molecule has 0 saturated heterocycles. The molecule has 3 aromatic carbocycles. The van der Waals surface area contributed by atoms with Crippen molar-refractivity contribution in [1.82, 2.24) is 9.97 Å². The number of rotatable bonds is 5. The quantitative estimate of drug-likeness (QED) is 0.468. The van der Waals surface area contributed by atoms with Gasteiger partial charge in [0.2, 0.25) is 5.95 Å². The molecule has 0 unspecified atom stereocenters. The maximum absolute atomic E-state index is 4.70. The van der Waals surface area contributed by atoms with Crippen LogP contribution in [0.3, 0.4) is 0 Å². The number of hydrogen-bond acceptors (Lipinski definition) is 4. The Morgan fingerprint density at radius 3 is 2.26 bits per heavy atom. The van der Waals surface area contributed by atoms with Crippen LogP contribution >= 0.6 is 12.4 Å². The van der Waals surface area contributed by atoms with E-state index in [0.717, 1.165) is 22.4 Å². The fraction of sp³-hybridized carbons (Fsp3) is 0.0909. The lowest BCUT2D eigenvalue weighted by Crippen LogP contribution is -2.05. The third-order valence-electron chi connectivity index (χ3n) is 4.21. The summed E-state index contributed by atoms with van der Waals surface area (Å²) >= 11 is 0. The van der Waals surface area contributed by atoms with Crippen molar-refractivity contribution in [2.75, 3.05) is 10.6 Å². The summed E-state index contributed by atoms with van der Waals surface area (Å²) in [5, 5.41) is 7.76. The van der Waals surface area contributed by atoms with Crippen LogP contribution in [0.5, 0.6) is 0 Å². The van der Waals surface area contributed by atoms with E-state index >= 15 is 0 Å². The number of halogens is 1. The zero-order valence-electron chi connectivity index (χ0n) is 15.0. The summed E-state index contributed by atoms with van der Waals surface area (Å²) in [4.78, 5) is 9.35. The highest BCUT2D eigenvalue weighted by atomic mass is 35.5. The van der Waals surface area contributed by atoms with Crippen molar-refractivity contribution < 1.29 is 0 Å². The Kier molecular flexibility index (Phi) is 5.89. The van der Waals surface area contributed by atoms with Crippen LogP contribution in [0.2, 0.25) is 0 Å². The zero-order valence-corrected chi connectivity index (χ0v) is 15.8. The largest absolute Gasteiger partial charge is 0.365 e. The normalized spacial score (nSPS) is 10.3. The molecule has 0 spiro atoms. The number of aromatic nitrogens is 2. The Labute approximate surface area is 165 Å². The van der Waals surface area contributed by atoms with Gasteiger partial charge in [-0.2, -0.15) is 4.98 Å². The lowest BCUT2D eigenvalue weighted by Gasteiger charge is -2.12. The SMILES string of the molecule is Cc1ccc(Nc2nc(NCc3ccccc3)c3ccccc3n2)cc1.Cl. The van der Waals surface area contributed by atoms with Crippen LogP contribution in [0.1, 0.15) is 11.1 Å². The van der Waals surface area contributed by atoms with Crippen molar-refractivity contribution in [1.29, 1.82) is 0 Å². The molecule has 0 amide bonds. The van der Waals surface area contributed by atoms with Crippen molar-refractivity contribution in [3.63, 3.8) is 0 Å². The standard InChI is InChI=1S/C22H20N4.ClH/c1-16-11-13-18(14-12-16)24-22-25-20-10-6-5-9-19(20)21(26-22)23-15-17-7-3-2-4-8-17;/h2-14H,15H2,1H3,(H2,23,24,25,26);1H. The molecule has 136 valence electrons. The summed E-state index contributed by atoms with van der Waals surface area (Å²) in [5.41, 5.74) is 4.32. The number of fused-ring (bicyclic) bond motifs is 1. The van der Waals surface area contributed by atoms with Gasteiger partial charge in [0.15, 0.2) is 0 Å². The van der Waals surface area contributed by atoms with Crippen molar-refractivity contribution >= 4 is 40.8 Å². The Hall–Kier alpha value is -3.11. The van der Waals surface area contributed by atoms with Crippen molar-refractivity contribution in [2.45, 2.75) is 13.5 Å². The summed E-state index contributed by atoms with van der Waals surface area (Å²) in [6.45, 7) is 2.79. The lowest BCUT2D eigenvalue weighted by molar-refractivity contribution is 1.10. The number of aryl methyl sites for hydroxylation is 1. The van der Waals surface area contributed by atoms with Gasteiger partial charge in [0.05, 0.1) is 5.52 Å². The van der Waals surface area contributed by atoms with Crippen molar-refractivity contribution in [3.8, 4) is 0 Å². The molecule has 4 aromatic rings. The number of para-hydroxylation sites is 1. The molecule has 2 N–H and O–H groups in total. The summed E-state index contributed by atoms with van der Waals surface area (Å²) in [5.74, 6) is 1.41. The van der Waals surface area contributed by atoms with E-state index in [1.807, 2.05) is 54.6 Å². The average Bonchev–Trinajstić information content (AvgIpc) is 2.69. The second kappa shape index (κ2) is 8.52. The highest BCUT2D eigenvalue weighted by Crippen LogP contribution is 2.24. The van der Waals surface area contributed by atoms with Gasteiger partial charge in [-0.1, -0.05) is 60.2 Å². The van der Waals surface area contributed by atoms with E-state index in [0.29, 0.717) is 12.5 Å². The van der Waals surface area contributed by atoms with Gasteiger partial charge < -0.3 is 10.6 Å². The highest BCUT2D eigenvalue weighted by molar-refractivity contribution is 5.90. The van der Waals surface area contributed by atoms with Gasteiger partial charge in [-0.25, -0.2) is 4.98 Å². The first-order chi connectivity index (χ1) is 12.8. The molecule has 0 bridgehead atoms. The van der Waals surface area contributed by atoms with Gasteiger partial charge in [0, 0.05) is 17.6 Å². The minimum atomic E-state index is 0. The Morgan fingerprint density at radius 1 is 0.778 bits per heavy atom. The molecule has 4 nitrogen and oxygen atoms in total. The van der Waals surface area contributed by atoms with Crippen LogP contribution in [0.4, 0.5) is 17.5 Å². The minimum absolute atomic E-state index is 0. The molecule has 0 fully saturated rings. The molecule has 0 aliphatic carbocycles. The molecule has 27 heavy (non-hydrogen) atoms. The number of hydrogen-bond donors (Lipinski definition) is 2. The first-order valence-corrected chi connectivity index (χ1v) is 8.66. The summed E-state index contributed by atoms with van der Waals surface area (Å²) in [6.07, 6.45) is 0. The first kappa shape index (κ1) is 18.7. The van der Waals surface area contributed by atoms with Gasteiger partial charge in [0.1, 0.15) is 5.82 Å². The highest BCUT2D eigenvalue weighted by Gasteiger charge is 2.08. The number of anilines is 3. The molecular weight excluding hydrogens is 356 g/mol. The third-order valence-corrected chi connectivity index (χ3v) is 4.21. The van der Waals surface area contributed by atoms with Gasteiger partial charge in [-0.05, 0) is 36.8 Å². The smallest absolute Gasteiger partial charge is 0.229 e. The van der Waals surface area contributed by atoms with Crippen LogP contribution < -0.4 is 10.6 Å². The van der Waals surface area contributed by atoms with E-state index in [9.17, 15) is 0 Å². The topological polar surface area (TPSA) is 49.8 Å². The molecule has 5 heteroatoms. The zero-order chi connectivity index (χ0) is 17.8. The van der Waals surface area contributed by atoms with E-state index in [4.69, 9.17) is 4.98 Å². The molecular formula is C22H21ClN4. The van der Waals surface area contributed by atoms with E-state index < -0.39 is 0 Å². The first-order valence-electron chi connectivity index (χ1n) is 8.66. The molecule has 0 radical (unpaired) electrons. The molecule has 0 saturated carbocycles. The van der Waals surface area contributed by atoms with Crippen LogP contribution in [0, 0.1) is 6.92 Å². The summed E-state index contributed by atoms with van der Waals surface area (Å²) < 4.78 is 0. The monoisotopic (exact) mass is 376 g/mol. The van der Waals surface area contributed by atoms with Gasteiger partial charge >= 0.3 is 0 Å². The van der Waals surface area contributed by atoms with Crippen LogP contribution in [-0.4, -0.2) is 9.97 Å². The Balaban J connectivity index is 0.00000210. The van der Waals surface area contributed by atoms with Gasteiger partial charge in [-0.15, -0.1) is 12.4 Å². The van der Waals surface area contributed by atoms with E-state index in [2.05, 4.69) is 46.8 Å². The fourth-order valence-corrected chi connectivity index (χ4v) is 2.81. The third kappa shape index (κ3) is 4.54. The number of benzene rings is 3. The van der Waals surface area contributed by atoms with Crippen LogP contribution in [0.25, 0.3) is 10.9 Å². The maximum Gasteiger partial charge on any atom is 0.229 e. The second-order valence-corrected chi connectivity index (χ2v) is 6.24. The Morgan fingerprint density at radius 2 is 1.48 bits per heavy atom. The van der Waals surface area contributed by atoms with Crippen LogP contribution in [-0.2, 0) is 6.54 Å². The molecule has 0 aliphatic rings. The van der Waals surface area contributed by atoms with E-state index in [-0.39, 0.29) is 12.4 Å². The maximum atomic E-state index is 4.70. The number of nitrogens with one attached hydrogen (secondary N) is 2. The minimum Gasteiger partial charge on any atom is -0.365 e. The van der Waals surface area contributed by atoms with Crippen molar-refractivity contribution in [2.24, 2.45) is 0 Å². The Bertz CT molecular complexity index is 1020. The molecule has 0 aliphatic heterocycles. The molecule has 0 atom stereocenters. The lowest BCUT2D eigenvalue weighted by atomic mass is 10.2.